The van der Waals surface area contributed by atoms with Gasteiger partial charge in [-0.1, -0.05) is 0 Å². The van der Waals surface area contributed by atoms with Crippen LogP contribution in [0.3, 0.4) is 0 Å². The molecule has 0 radical (unpaired) electrons. The van der Waals surface area contributed by atoms with Crippen LogP contribution < -0.4 is 25.2 Å². The van der Waals surface area contributed by atoms with Gasteiger partial charge < -0.3 is 25.2 Å². The van der Waals surface area contributed by atoms with Crippen molar-refractivity contribution >= 4 is 29.3 Å². The maximum atomic E-state index is 12.5. The lowest BCUT2D eigenvalue weighted by Gasteiger charge is -2.17. The lowest BCUT2D eigenvalue weighted by atomic mass is 10.1. The minimum Gasteiger partial charge on any atom is -0.497 e. The molecule has 1 aromatic carbocycles. The number of amides is 2. The van der Waals surface area contributed by atoms with Crippen molar-refractivity contribution in [3.05, 3.63) is 36.0 Å². The molecule has 1 unspecified atom stereocenters. The molecule has 2 N–H and O–H groups in total. The molecule has 2 aromatic rings. The highest BCUT2D eigenvalue weighted by atomic mass is 16.5. The Bertz CT molecular complexity index is 900. The standard InChI is InChI=1S/C21H28N6O3/c1-14-11-18(26(2)3)25-21(24-14)23-10-9-22-20(29)15-12-19(28)27(13-15)16-5-7-17(30-4)8-6-16/h5-8,11,15H,9-10,12-13H2,1-4H3,(H,22,29)(H,23,24,25). The lowest BCUT2D eigenvalue weighted by Crippen LogP contribution is -2.35. The van der Waals surface area contributed by atoms with Gasteiger partial charge in [-0.15, -0.1) is 0 Å². The fourth-order valence-electron chi connectivity index (χ4n) is 3.26. The second-order valence-corrected chi connectivity index (χ2v) is 7.41. The number of anilines is 3. The molecule has 1 saturated heterocycles. The highest BCUT2D eigenvalue weighted by molar-refractivity contribution is 6.00. The number of hydrogen-bond acceptors (Lipinski definition) is 7. The van der Waals surface area contributed by atoms with Gasteiger partial charge in [-0.3, -0.25) is 9.59 Å². The van der Waals surface area contributed by atoms with Gasteiger partial charge in [0.05, 0.1) is 13.0 Å². The summed E-state index contributed by atoms with van der Waals surface area (Å²) in [6, 6.07) is 9.15. The van der Waals surface area contributed by atoms with Crippen LogP contribution in [-0.2, 0) is 9.59 Å². The van der Waals surface area contributed by atoms with Gasteiger partial charge in [-0.2, -0.15) is 4.98 Å². The van der Waals surface area contributed by atoms with E-state index in [4.69, 9.17) is 4.74 Å². The predicted octanol–water partition coefficient (Wildman–Crippen LogP) is 1.44. The highest BCUT2D eigenvalue weighted by Gasteiger charge is 2.34. The third-order valence-electron chi connectivity index (χ3n) is 4.89. The summed E-state index contributed by atoms with van der Waals surface area (Å²) in [7, 11) is 5.44. The Hall–Kier alpha value is -3.36. The number of ether oxygens (including phenoxy) is 1. The van der Waals surface area contributed by atoms with Crippen molar-refractivity contribution in [2.45, 2.75) is 13.3 Å². The van der Waals surface area contributed by atoms with Gasteiger partial charge in [0.25, 0.3) is 0 Å². The van der Waals surface area contributed by atoms with E-state index >= 15 is 0 Å². The maximum Gasteiger partial charge on any atom is 0.227 e. The largest absolute Gasteiger partial charge is 0.497 e. The van der Waals surface area contributed by atoms with Gasteiger partial charge in [-0.05, 0) is 31.2 Å². The number of carbonyl (C=O) groups excluding carboxylic acids is 2. The van der Waals surface area contributed by atoms with Crippen LogP contribution in [0.5, 0.6) is 5.75 Å². The first kappa shape index (κ1) is 21.4. The third-order valence-corrected chi connectivity index (χ3v) is 4.89. The van der Waals surface area contributed by atoms with E-state index in [-0.39, 0.29) is 24.2 Å². The van der Waals surface area contributed by atoms with Crippen LogP contribution in [0.2, 0.25) is 0 Å². The maximum absolute atomic E-state index is 12.5. The number of benzene rings is 1. The summed E-state index contributed by atoms with van der Waals surface area (Å²) < 4.78 is 5.14. The fraction of sp³-hybridized carbons (Fsp3) is 0.429. The minimum absolute atomic E-state index is 0.0529. The number of hydrogen-bond donors (Lipinski definition) is 2. The number of rotatable bonds is 8. The topological polar surface area (TPSA) is 99.7 Å². The highest BCUT2D eigenvalue weighted by Crippen LogP contribution is 2.26. The van der Waals surface area contributed by atoms with E-state index in [0.717, 1.165) is 22.9 Å². The molecule has 3 rings (SSSR count). The van der Waals surface area contributed by atoms with E-state index in [2.05, 4.69) is 20.6 Å². The van der Waals surface area contributed by atoms with Gasteiger partial charge in [0.15, 0.2) is 0 Å². The Morgan fingerprint density at radius 3 is 2.63 bits per heavy atom. The zero-order chi connectivity index (χ0) is 21.7. The molecular formula is C21H28N6O3. The third kappa shape index (κ3) is 5.16. The zero-order valence-corrected chi connectivity index (χ0v) is 17.8. The summed E-state index contributed by atoms with van der Waals surface area (Å²) >= 11 is 0. The fourth-order valence-corrected chi connectivity index (χ4v) is 3.26. The molecule has 1 aliphatic rings. The average molecular weight is 412 g/mol. The van der Waals surface area contributed by atoms with Crippen LogP contribution in [-0.4, -0.2) is 62.6 Å². The molecule has 1 aromatic heterocycles. The summed E-state index contributed by atoms with van der Waals surface area (Å²) in [5.74, 6) is 1.52. The van der Waals surface area contributed by atoms with Crippen LogP contribution in [0.1, 0.15) is 12.1 Å². The molecule has 30 heavy (non-hydrogen) atoms. The number of nitrogens with one attached hydrogen (secondary N) is 2. The van der Waals surface area contributed by atoms with E-state index < -0.39 is 0 Å². The van der Waals surface area contributed by atoms with Gasteiger partial charge in [0.2, 0.25) is 17.8 Å². The normalized spacial score (nSPS) is 15.8. The number of methoxy groups -OCH3 is 1. The molecule has 9 nitrogen and oxygen atoms in total. The van der Waals surface area contributed by atoms with E-state index in [0.29, 0.717) is 25.6 Å². The van der Waals surface area contributed by atoms with Gasteiger partial charge in [0.1, 0.15) is 11.6 Å². The molecule has 0 bridgehead atoms. The van der Waals surface area contributed by atoms with Gasteiger partial charge >= 0.3 is 0 Å². The van der Waals surface area contributed by atoms with Crippen LogP contribution in [0, 0.1) is 12.8 Å². The van der Waals surface area contributed by atoms with Crippen LogP contribution in [0.15, 0.2) is 30.3 Å². The zero-order valence-electron chi connectivity index (χ0n) is 17.8. The molecule has 0 aliphatic carbocycles. The van der Waals surface area contributed by atoms with Crippen molar-refractivity contribution in [3.63, 3.8) is 0 Å². The van der Waals surface area contributed by atoms with E-state index in [1.807, 2.05) is 44.1 Å². The van der Waals surface area contributed by atoms with E-state index in [9.17, 15) is 9.59 Å². The Kier molecular flexibility index (Phi) is 6.71. The van der Waals surface area contributed by atoms with Crippen molar-refractivity contribution in [1.82, 2.24) is 15.3 Å². The van der Waals surface area contributed by atoms with Crippen LogP contribution in [0.25, 0.3) is 0 Å². The quantitative estimate of drug-likeness (QED) is 0.633. The first-order valence-corrected chi connectivity index (χ1v) is 9.86. The molecule has 0 spiro atoms. The lowest BCUT2D eigenvalue weighted by molar-refractivity contribution is -0.126. The number of nitrogens with zero attached hydrogens (tertiary/aromatic N) is 4. The summed E-state index contributed by atoms with van der Waals surface area (Å²) in [6.07, 6.45) is 0.207. The Labute approximate surface area is 176 Å². The summed E-state index contributed by atoms with van der Waals surface area (Å²) in [5.41, 5.74) is 1.63. The monoisotopic (exact) mass is 412 g/mol. The van der Waals surface area contributed by atoms with E-state index in [1.54, 1.807) is 24.1 Å². The van der Waals surface area contributed by atoms with Crippen LogP contribution >= 0.6 is 0 Å². The van der Waals surface area contributed by atoms with Gasteiger partial charge in [-0.25, -0.2) is 4.98 Å². The molecule has 2 heterocycles. The predicted molar refractivity (Wildman–Crippen MR) is 116 cm³/mol. The van der Waals surface area contributed by atoms with Crippen molar-refractivity contribution in [2.75, 3.05) is 56.0 Å². The van der Waals surface area contributed by atoms with Crippen molar-refractivity contribution < 1.29 is 14.3 Å². The average Bonchev–Trinajstić information content (AvgIpc) is 3.12. The Balaban J connectivity index is 1.48. The molecule has 1 aliphatic heterocycles. The first-order valence-electron chi connectivity index (χ1n) is 9.86. The summed E-state index contributed by atoms with van der Waals surface area (Å²) in [5, 5.41) is 6.02. The summed E-state index contributed by atoms with van der Waals surface area (Å²) in [4.78, 5) is 37.2. The second-order valence-electron chi connectivity index (χ2n) is 7.41. The Morgan fingerprint density at radius 1 is 1.23 bits per heavy atom. The number of aromatic nitrogens is 2. The SMILES string of the molecule is COc1ccc(N2CC(C(=O)NCCNc3nc(C)cc(N(C)C)n3)CC2=O)cc1. The Morgan fingerprint density at radius 2 is 1.97 bits per heavy atom. The first-order chi connectivity index (χ1) is 14.4. The molecule has 1 atom stereocenters. The van der Waals surface area contributed by atoms with Crippen molar-refractivity contribution in [3.8, 4) is 5.75 Å². The van der Waals surface area contributed by atoms with Crippen molar-refractivity contribution in [2.24, 2.45) is 5.92 Å². The molecular weight excluding hydrogens is 384 g/mol. The van der Waals surface area contributed by atoms with Crippen molar-refractivity contribution in [1.29, 1.82) is 0 Å². The molecule has 2 amide bonds. The smallest absolute Gasteiger partial charge is 0.227 e. The van der Waals surface area contributed by atoms with Crippen LogP contribution in [0.4, 0.5) is 17.5 Å². The van der Waals surface area contributed by atoms with E-state index in [1.165, 1.54) is 0 Å². The second kappa shape index (κ2) is 9.43. The molecule has 160 valence electrons. The molecule has 0 saturated carbocycles. The molecule has 1 fully saturated rings. The molecule has 9 heteroatoms. The van der Waals surface area contributed by atoms with Gasteiger partial charge in [0, 0.05) is 57.6 Å². The number of carbonyl (C=O) groups is 2. The number of aryl methyl sites for hydroxylation is 1. The summed E-state index contributed by atoms with van der Waals surface area (Å²) in [6.45, 7) is 3.19. The minimum atomic E-state index is -0.366.